The number of rotatable bonds is 4. The van der Waals surface area contributed by atoms with Gasteiger partial charge in [0.2, 0.25) is 5.95 Å². The van der Waals surface area contributed by atoms with Gasteiger partial charge in [0.25, 0.3) is 0 Å². The minimum Gasteiger partial charge on any atom is -0.393 e. The SMILES string of the molecule is OC1CCN(c2ncc(-c3ccc(CC(O)C(F)(F)F)nc3)cn2)CC1. The maximum atomic E-state index is 12.4. The summed E-state index contributed by atoms with van der Waals surface area (Å²) in [5, 5.41) is 18.6. The molecule has 26 heavy (non-hydrogen) atoms. The molecule has 1 aliphatic rings. The average molecular weight is 368 g/mol. The fraction of sp³-hybridized carbons (Fsp3) is 0.471. The molecule has 0 bridgehead atoms. The van der Waals surface area contributed by atoms with Crippen LogP contribution in [0, 0.1) is 0 Å². The van der Waals surface area contributed by atoms with Crippen LogP contribution in [0.5, 0.6) is 0 Å². The number of nitrogens with zero attached hydrogens (tertiary/aromatic N) is 4. The summed E-state index contributed by atoms with van der Waals surface area (Å²) in [6, 6.07) is 3.07. The average Bonchev–Trinajstić information content (AvgIpc) is 2.62. The van der Waals surface area contributed by atoms with E-state index in [2.05, 4.69) is 15.0 Å². The Morgan fingerprint density at radius 2 is 1.65 bits per heavy atom. The number of aliphatic hydroxyl groups is 2. The number of hydrogen-bond acceptors (Lipinski definition) is 6. The summed E-state index contributed by atoms with van der Waals surface area (Å²) in [4.78, 5) is 14.6. The summed E-state index contributed by atoms with van der Waals surface area (Å²) < 4.78 is 37.1. The van der Waals surface area contributed by atoms with Gasteiger partial charge in [0, 0.05) is 54.9 Å². The molecule has 1 atom stereocenters. The Morgan fingerprint density at radius 3 is 2.19 bits per heavy atom. The lowest BCUT2D eigenvalue weighted by Gasteiger charge is -2.29. The second-order valence-electron chi connectivity index (χ2n) is 6.29. The minimum absolute atomic E-state index is 0.156. The quantitative estimate of drug-likeness (QED) is 0.859. The van der Waals surface area contributed by atoms with E-state index in [4.69, 9.17) is 5.11 Å². The topological polar surface area (TPSA) is 82.4 Å². The molecule has 0 amide bonds. The maximum absolute atomic E-state index is 12.4. The summed E-state index contributed by atoms with van der Waals surface area (Å²) in [6.07, 6.45) is -1.87. The normalized spacial score (nSPS) is 17.3. The molecule has 1 saturated heterocycles. The molecule has 6 nitrogen and oxygen atoms in total. The van der Waals surface area contributed by atoms with Crippen LogP contribution in [0.2, 0.25) is 0 Å². The molecule has 3 heterocycles. The second kappa shape index (κ2) is 7.55. The van der Waals surface area contributed by atoms with Gasteiger partial charge in [-0.3, -0.25) is 4.98 Å². The highest BCUT2D eigenvalue weighted by Gasteiger charge is 2.38. The number of alkyl halides is 3. The number of aromatic nitrogens is 3. The zero-order chi connectivity index (χ0) is 18.7. The number of aliphatic hydroxyl groups excluding tert-OH is 2. The van der Waals surface area contributed by atoms with E-state index in [0.717, 1.165) is 0 Å². The third-order valence-electron chi connectivity index (χ3n) is 4.32. The van der Waals surface area contributed by atoms with E-state index in [1.807, 2.05) is 4.90 Å². The van der Waals surface area contributed by atoms with Gasteiger partial charge in [0.1, 0.15) is 0 Å². The van der Waals surface area contributed by atoms with Gasteiger partial charge in [-0.25, -0.2) is 9.97 Å². The van der Waals surface area contributed by atoms with Crippen molar-refractivity contribution in [2.75, 3.05) is 18.0 Å². The van der Waals surface area contributed by atoms with Crippen molar-refractivity contribution in [1.82, 2.24) is 15.0 Å². The highest BCUT2D eigenvalue weighted by Crippen LogP contribution is 2.24. The number of anilines is 1. The Labute approximate surface area is 148 Å². The number of piperidine rings is 1. The number of halogens is 3. The van der Waals surface area contributed by atoms with Crippen molar-refractivity contribution in [2.24, 2.45) is 0 Å². The summed E-state index contributed by atoms with van der Waals surface area (Å²) in [7, 11) is 0. The largest absolute Gasteiger partial charge is 0.414 e. The van der Waals surface area contributed by atoms with Gasteiger partial charge < -0.3 is 15.1 Å². The van der Waals surface area contributed by atoms with Gasteiger partial charge in [-0.05, 0) is 18.9 Å². The molecular formula is C17H19F3N4O2. The molecule has 0 saturated carbocycles. The molecule has 0 spiro atoms. The van der Waals surface area contributed by atoms with Crippen LogP contribution in [0.3, 0.4) is 0 Å². The highest BCUT2D eigenvalue weighted by molar-refractivity contribution is 5.61. The smallest absolute Gasteiger partial charge is 0.393 e. The van der Waals surface area contributed by atoms with Crippen molar-refractivity contribution in [3.05, 3.63) is 36.4 Å². The molecule has 3 rings (SSSR count). The van der Waals surface area contributed by atoms with Crippen molar-refractivity contribution < 1.29 is 23.4 Å². The lowest BCUT2D eigenvalue weighted by molar-refractivity contribution is -0.203. The van der Waals surface area contributed by atoms with E-state index >= 15 is 0 Å². The zero-order valence-corrected chi connectivity index (χ0v) is 13.9. The number of pyridine rings is 1. The standard InChI is InChI=1S/C17H19F3N4O2/c18-17(19,20)15(26)7-13-2-1-11(8-21-13)12-9-22-16(23-10-12)24-5-3-14(25)4-6-24/h1-2,8-10,14-15,25-26H,3-7H2. The van der Waals surface area contributed by atoms with E-state index in [9.17, 15) is 18.3 Å². The Kier molecular flexibility index (Phi) is 5.38. The third kappa shape index (κ3) is 4.47. The van der Waals surface area contributed by atoms with E-state index in [-0.39, 0.29) is 11.8 Å². The fourth-order valence-electron chi connectivity index (χ4n) is 2.73. The van der Waals surface area contributed by atoms with Crippen LogP contribution in [0.15, 0.2) is 30.7 Å². The predicted molar refractivity (Wildman–Crippen MR) is 88.5 cm³/mol. The van der Waals surface area contributed by atoms with Crippen LogP contribution in [0.4, 0.5) is 19.1 Å². The minimum atomic E-state index is -4.66. The molecule has 2 N–H and O–H groups in total. The van der Waals surface area contributed by atoms with Crippen LogP contribution >= 0.6 is 0 Å². The Bertz CT molecular complexity index is 714. The van der Waals surface area contributed by atoms with Crippen molar-refractivity contribution >= 4 is 5.95 Å². The summed E-state index contributed by atoms with van der Waals surface area (Å²) in [5.74, 6) is 0.582. The van der Waals surface area contributed by atoms with Crippen molar-refractivity contribution in [3.63, 3.8) is 0 Å². The Morgan fingerprint density at radius 1 is 1.04 bits per heavy atom. The molecule has 2 aromatic heterocycles. The monoisotopic (exact) mass is 368 g/mol. The first kappa shape index (κ1) is 18.5. The van der Waals surface area contributed by atoms with Crippen LogP contribution in [-0.2, 0) is 6.42 Å². The second-order valence-corrected chi connectivity index (χ2v) is 6.29. The van der Waals surface area contributed by atoms with Gasteiger partial charge in [-0.15, -0.1) is 0 Å². The van der Waals surface area contributed by atoms with Gasteiger partial charge in [-0.1, -0.05) is 6.07 Å². The molecule has 1 aliphatic heterocycles. The third-order valence-corrected chi connectivity index (χ3v) is 4.32. The molecule has 140 valence electrons. The summed E-state index contributed by atoms with van der Waals surface area (Å²) in [5.41, 5.74) is 1.53. The van der Waals surface area contributed by atoms with Gasteiger partial charge in [0.15, 0.2) is 6.10 Å². The van der Waals surface area contributed by atoms with Crippen LogP contribution in [0.1, 0.15) is 18.5 Å². The van der Waals surface area contributed by atoms with Gasteiger partial charge >= 0.3 is 6.18 Å². The van der Waals surface area contributed by atoms with E-state index in [0.29, 0.717) is 43.0 Å². The lowest BCUT2D eigenvalue weighted by Crippen LogP contribution is -2.36. The lowest BCUT2D eigenvalue weighted by atomic mass is 10.1. The first-order valence-corrected chi connectivity index (χ1v) is 8.28. The molecule has 9 heteroatoms. The van der Waals surface area contributed by atoms with Crippen molar-refractivity contribution in [3.8, 4) is 11.1 Å². The molecule has 0 radical (unpaired) electrons. The number of hydrogen-bond donors (Lipinski definition) is 2. The first-order valence-electron chi connectivity index (χ1n) is 8.28. The van der Waals surface area contributed by atoms with E-state index in [1.165, 1.54) is 12.3 Å². The summed E-state index contributed by atoms with van der Waals surface area (Å²) >= 11 is 0. The van der Waals surface area contributed by atoms with Crippen molar-refractivity contribution in [2.45, 2.75) is 37.6 Å². The Balaban J connectivity index is 1.66. The predicted octanol–water partition coefficient (Wildman–Crippen LogP) is 1.97. The van der Waals surface area contributed by atoms with Crippen LogP contribution < -0.4 is 4.90 Å². The first-order chi connectivity index (χ1) is 12.3. The van der Waals surface area contributed by atoms with Crippen molar-refractivity contribution in [1.29, 1.82) is 0 Å². The molecule has 2 aromatic rings. The molecule has 1 fully saturated rings. The van der Waals surface area contributed by atoms with Crippen LogP contribution in [-0.4, -0.2) is 56.6 Å². The van der Waals surface area contributed by atoms with Gasteiger partial charge in [-0.2, -0.15) is 13.2 Å². The molecular weight excluding hydrogens is 349 g/mol. The van der Waals surface area contributed by atoms with E-state index in [1.54, 1.807) is 18.5 Å². The molecule has 1 unspecified atom stereocenters. The Hall–Kier alpha value is -2.26. The summed E-state index contributed by atoms with van der Waals surface area (Å²) in [6.45, 7) is 1.39. The van der Waals surface area contributed by atoms with Crippen LogP contribution in [0.25, 0.3) is 11.1 Å². The fourth-order valence-corrected chi connectivity index (χ4v) is 2.73. The maximum Gasteiger partial charge on any atom is 0.414 e. The van der Waals surface area contributed by atoms with E-state index < -0.39 is 18.7 Å². The zero-order valence-electron chi connectivity index (χ0n) is 13.9. The molecule has 0 aliphatic carbocycles. The van der Waals surface area contributed by atoms with Gasteiger partial charge in [0.05, 0.1) is 6.10 Å². The highest BCUT2D eigenvalue weighted by atomic mass is 19.4. The molecule has 0 aromatic carbocycles.